The molecule has 0 aliphatic rings. The number of unbranched alkanes of at least 4 members (excludes halogenated alkanes) is 1. The number of rotatable bonds is 7. The molecule has 0 unspecified atom stereocenters. The molecule has 0 radical (unpaired) electrons. The van der Waals surface area contributed by atoms with Crippen molar-refractivity contribution < 1.29 is 18.1 Å². The zero-order chi connectivity index (χ0) is 15.3. The number of amides is 1. The number of halogens is 1. The molecule has 11 heteroatoms. The highest BCUT2D eigenvalue weighted by atomic mass is 35.7. The summed E-state index contributed by atoms with van der Waals surface area (Å²) in [6.07, 6.45) is 2.56. The Labute approximate surface area is 119 Å². The summed E-state index contributed by atoms with van der Waals surface area (Å²) >= 11 is 0. The second kappa shape index (κ2) is 6.66. The van der Waals surface area contributed by atoms with Gasteiger partial charge in [0.15, 0.2) is 0 Å². The number of aromatic nitrogens is 2. The number of carbonyl (C=O) groups is 1. The minimum Gasteiger partial charge on any atom is -0.358 e. The number of nitro groups is 1. The molecule has 0 spiro atoms. The molecule has 1 aromatic rings. The van der Waals surface area contributed by atoms with Gasteiger partial charge in [-0.15, -0.1) is 0 Å². The van der Waals surface area contributed by atoms with E-state index in [0.717, 1.165) is 23.7 Å². The smallest absolute Gasteiger partial charge is 0.358 e. The van der Waals surface area contributed by atoms with E-state index in [2.05, 4.69) is 10.4 Å². The third kappa shape index (κ3) is 4.46. The summed E-state index contributed by atoms with van der Waals surface area (Å²) in [7, 11) is 0.775. The quantitative estimate of drug-likeness (QED) is 0.339. The first kappa shape index (κ1) is 16.4. The summed E-state index contributed by atoms with van der Waals surface area (Å²) in [5.41, 5.74) is 0. The SMILES string of the molecule is CCCCNC(=O)Cn1cc(S(=O)(=O)Cl)c([N+](=O)[O-])n1. The monoisotopic (exact) mass is 324 g/mol. The highest BCUT2D eigenvalue weighted by Crippen LogP contribution is 2.24. The lowest BCUT2D eigenvalue weighted by Gasteiger charge is -2.01. The number of nitrogens with one attached hydrogen (secondary N) is 1. The molecular weight excluding hydrogens is 312 g/mol. The van der Waals surface area contributed by atoms with Gasteiger partial charge in [-0.05, 0) is 11.3 Å². The number of nitrogens with zero attached hydrogens (tertiary/aromatic N) is 3. The van der Waals surface area contributed by atoms with E-state index in [9.17, 15) is 23.3 Å². The molecule has 0 aliphatic carbocycles. The average Bonchev–Trinajstić information content (AvgIpc) is 2.73. The number of carbonyl (C=O) groups excluding carboxylic acids is 1. The Balaban J connectivity index is 2.88. The van der Waals surface area contributed by atoms with Gasteiger partial charge in [0.2, 0.25) is 10.8 Å². The Hall–Kier alpha value is -1.68. The van der Waals surface area contributed by atoms with Gasteiger partial charge in [-0.3, -0.25) is 4.79 Å². The van der Waals surface area contributed by atoms with Crippen LogP contribution in [0.1, 0.15) is 19.8 Å². The first-order chi connectivity index (χ1) is 9.25. The normalized spacial score (nSPS) is 11.3. The van der Waals surface area contributed by atoms with E-state index in [1.165, 1.54) is 0 Å². The van der Waals surface area contributed by atoms with Crippen molar-refractivity contribution in [2.75, 3.05) is 6.54 Å². The zero-order valence-electron chi connectivity index (χ0n) is 10.6. The van der Waals surface area contributed by atoms with Crippen LogP contribution in [-0.2, 0) is 20.4 Å². The van der Waals surface area contributed by atoms with Gasteiger partial charge in [-0.1, -0.05) is 13.3 Å². The van der Waals surface area contributed by atoms with Gasteiger partial charge in [0.25, 0.3) is 9.05 Å². The fourth-order valence-corrected chi connectivity index (χ4v) is 2.29. The van der Waals surface area contributed by atoms with E-state index in [1.807, 2.05) is 6.92 Å². The number of hydrogen-bond acceptors (Lipinski definition) is 6. The molecule has 0 aromatic carbocycles. The van der Waals surface area contributed by atoms with E-state index in [1.54, 1.807) is 0 Å². The van der Waals surface area contributed by atoms with Crippen molar-refractivity contribution in [2.45, 2.75) is 31.2 Å². The molecular formula is C9H13ClN4O5S. The Morgan fingerprint density at radius 3 is 2.70 bits per heavy atom. The van der Waals surface area contributed by atoms with Gasteiger partial charge in [0, 0.05) is 17.2 Å². The second-order valence-corrected chi connectivity index (χ2v) is 6.45. The van der Waals surface area contributed by atoms with Crippen LogP contribution in [0, 0.1) is 10.1 Å². The molecule has 20 heavy (non-hydrogen) atoms. The summed E-state index contributed by atoms with van der Waals surface area (Å²) in [4.78, 5) is 20.5. The molecule has 0 saturated heterocycles. The van der Waals surface area contributed by atoms with Gasteiger partial charge in [0.1, 0.15) is 6.54 Å². The van der Waals surface area contributed by atoms with Gasteiger partial charge in [-0.2, -0.15) is 4.68 Å². The fourth-order valence-electron chi connectivity index (χ4n) is 1.38. The van der Waals surface area contributed by atoms with E-state index in [0.29, 0.717) is 6.54 Å². The lowest BCUT2D eigenvalue weighted by Crippen LogP contribution is -2.28. The molecule has 1 N–H and O–H groups in total. The first-order valence-corrected chi connectivity index (χ1v) is 7.99. The molecule has 1 aromatic heterocycles. The largest absolute Gasteiger partial charge is 0.410 e. The van der Waals surface area contributed by atoms with Crippen LogP contribution in [0.4, 0.5) is 5.82 Å². The van der Waals surface area contributed by atoms with Crippen LogP contribution >= 0.6 is 10.7 Å². The summed E-state index contributed by atoms with van der Waals surface area (Å²) in [6.45, 7) is 2.11. The minimum atomic E-state index is -4.30. The lowest BCUT2D eigenvalue weighted by molar-refractivity contribution is -0.392. The third-order valence-electron chi connectivity index (χ3n) is 2.30. The van der Waals surface area contributed by atoms with Crippen molar-refractivity contribution in [2.24, 2.45) is 0 Å². The first-order valence-electron chi connectivity index (χ1n) is 5.69. The summed E-state index contributed by atoms with van der Waals surface area (Å²) in [6, 6.07) is 0. The Kier molecular flexibility index (Phi) is 5.45. The summed E-state index contributed by atoms with van der Waals surface area (Å²) in [5, 5.41) is 16.7. The van der Waals surface area contributed by atoms with E-state index in [-0.39, 0.29) is 6.54 Å². The van der Waals surface area contributed by atoms with Crippen molar-refractivity contribution in [3.63, 3.8) is 0 Å². The maximum absolute atomic E-state index is 11.5. The van der Waals surface area contributed by atoms with Crippen LogP contribution in [-0.4, -0.2) is 35.6 Å². The highest BCUT2D eigenvalue weighted by Gasteiger charge is 2.30. The Bertz CT molecular complexity index is 612. The van der Waals surface area contributed by atoms with Crippen LogP contribution in [0.2, 0.25) is 0 Å². The van der Waals surface area contributed by atoms with Crippen LogP contribution < -0.4 is 5.32 Å². The van der Waals surface area contributed by atoms with E-state index in [4.69, 9.17) is 10.7 Å². The highest BCUT2D eigenvalue weighted by molar-refractivity contribution is 8.13. The fraction of sp³-hybridized carbons (Fsp3) is 0.556. The maximum Gasteiger partial charge on any atom is 0.410 e. The predicted octanol–water partition coefficient (Wildman–Crippen LogP) is 0.635. The van der Waals surface area contributed by atoms with Crippen LogP contribution in [0.15, 0.2) is 11.1 Å². The summed E-state index contributed by atoms with van der Waals surface area (Å²) in [5.74, 6) is -1.32. The van der Waals surface area contributed by atoms with Gasteiger partial charge in [-0.25, -0.2) is 8.42 Å². The molecule has 9 nitrogen and oxygen atoms in total. The minimum absolute atomic E-state index is 0.322. The lowest BCUT2D eigenvalue weighted by atomic mass is 10.3. The average molecular weight is 325 g/mol. The summed E-state index contributed by atoms with van der Waals surface area (Å²) < 4.78 is 23.2. The van der Waals surface area contributed by atoms with Crippen molar-refractivity contribution in [1.82, 2.24) is 15.1 Å². The van der Waals surface area contributed by atoms with E-state index < -0.39 is 30.6 Å². The van der Waals surface area contributed by atoms with Crippen molar-refractivity contribution in [3.8, 4) is 0 Å². The Morgan fingerprint density at radius 1 is 1.60 bits per heavy atom. The number of hydrogen-bond donors (Lipinski definition) is 1. The topological polar surface area (TPSA) is 124 Å². The predicted molar refractivity (Wildman–Crippen MR) is 69.8 cm³/mol. The zero-order valence-corrected chi connectivity index (χ0v) is 12.1. The van der Waals surface area contributed by atoms with Crippen LogP contribution in [0.25, 0.3) is 0 Å². The molecule has 0 aliphatic heterocycles. The molecule has 112 valence electrons. The third-order valence-corrected chi connectivity index (χ3v) is 3.62. The Morgan fingerprint density at radius 2 is 2.25 bits per heavy atom. The molecule has 1 heterocycles. The van der Waals surface area contributed by atoms with Crippen LogP contribution in [0.3, 0.4) is 0 Å². The van der Waals surface area contributed by atoms with Crippen molar-refractivity contribution in [1.29, 1.82) is 0 Å². The van der Waals surface area contributed by atoms with Crippen LogP contribution in [0.5, 0.6) is 0 Å². The van der Waals surface area contributed by atoms with Gasteiger partial charge >= 0.3 is 5.82 Å². The standard InChI is InChI=1S/C9H13ClN4O5S/c1-2-3-4-11-8(15)6-13-5-7(20(10,18)19)9(12-13)14(16)17/h5H,2-4,6H2,1H3,(H,11,15). The van der Waals surface area contributed by atoms with Crippen molar-refractivity contribution >= 4 is 31.5 Å². The molecule has 0 saturated carbocycles. The second-order valence-electron chi connectivity index (χ2n) is 3.91. The molecule has 1 amide bonds. The molecule has 1 rings (SSSR count). The van der Waals surface area contributed by atoms with Gasteiger partial charge < -0.3 is 15.4 Å². The maximum atomic E-state index is 11.5. The van der Waals surface area contributed by atoms with Crippen molar-refractivity contribution in [3.05, 3.63) is 16.3 Å². The molecule has 0 atom stereocenters. The van der Waals surface area contributed by atoms with E-state index >= 15 is 0 Å². The molecule has 0 bridgehead atoms. The van der Waals surface area contributed by atoms with Gasteiger partial charge in [0.05, 0.1) is 11.3 Å². The molecule has 0 fully saturated rings.